The number of oxime groups is 1. The number of nitrogens with zero attached hydrogens (tertiary/aromatic N) is 1. The fourth-order valence-corrected chi connectivity index (χ4v) is 1.85. The van der Waals surface area contributed by atoms with E-state index in [1.165, 1.54) is 0 Å². The lowest BCUT2D eigenvalue weighted by Gasteiger charge is -2.08. The van der Waals surface area contributed by atoms with Crippen molar-refractivity contribution in [1.82, 2.24) is 0 Å². The third-order valence-electron chi connectivity index (χ3n) is 3.06. The molecule has 1 heterocycles. The van der Waals surface area contributed by atoms with Crippen LogP contribution in [0.5, 0.6) is 5.75 Å². The molecule has 0 fully saturated rings. The number of benzene rings is 1. The summed E-state index contributed by atoms with van der Waals surface area (Å²) in [6, 6.07) is 6.93. The quantitative estimate of drug-likeness (QED) is 0.568. The van der Waals surface area contributed by atoms with Gasteiger partial charge < -0.3 is 14.3 Å². The first-order valence-corrected chi connectivity index (χ1v) is 6.77. The molecule has 108 valence electrons. The number of Topliss-reactive ketones (excluding diaryl/α,β-unsaturated/α-hetero) is 1. The summed E-state index contributed by atoms with van der Waals surface area (Å²) in [7, 11) is 1.59. The molecule has 0 bridgehead atoms. The van der Waals surface area contributed by atoms with Gasteiger partial charge in [-0.25, -0.2) is 0 Å². The maximum absolute atomic E-state index is 12.2. The molecule has 0 spiro atoms. The van der Waals surface area contributed by atoms with Crippen LogP contribution in [-0.2, 0) is 9.57 Å². The Morgan fingerprint density at radius 2 is 2.15 bits per heavy atom. The molecular formula is C15H19NO4. The second-order valence-corrected chi connectivity index (χ2v) is 4.56. The van der Waals surface area contributed by atoms with Crippen LogP contribution in [0.2, 0.25) is 0 Å². The van der Waals surface area contributed by atoms with Gasteiger partial charge in [-0.05, 0) is 30.7 Å². The Bertz CT molecular complexity index is 481. The van der Waals surface area contributed by atoms with Crippen molar-refractivity contribution in [3.63, 3.8) is 0 Å². The molecule has 0 saturated heterocycles. The van der Waals surface area contributed by atoms with Gasteiger partial charge in [0.15, 0.2) is 0 Å². The minimum atomic E-state index is -0.432. The van der Waals surface area contributed by atoms with E-state index in [-0.39, 0.29) is 5.78 Å². The van der Waals surface area contributed by atoms with E-state index in [4.69, 9.17) is 14.3 Å². The van der Waals surface area contributed by atoms with Gasteiger partial charge in [0.05, 0.1) is 20.1 Å². The minimum Gasteiger partial charge on any atom is -0.497 e. The van der Waals surface area contributed by atoms with E-state index in [9.17, 15) is 4.79 Å². The first-order chi connectivity index (χ1) is 9.74. The van der Waals surface area contributed by atoms with E-state index < -0.39 is 6.29 Å². The topological polar surface area (TPSA) is 57.1 Å². The summed E-state index contributed by atoms with van der Waals surface area (Å²) in [4.78, 5) is 17.3. The fourth-order valence-electron chi connectivity index (χ4n) is 1.85. The van der Waals surface area contributed by atoms with Gasteiger partial charge in [0.2, 0.25) is 12.1 Å². The summed E-state index contributed by atoms with van der Waals surface area (Å²) in [6.45, 7) is 2.72. The Kier molecular flexibility index (Phi) is 5.12. The lowest BCUT2D eigenvalue weighted by Crippen LogP contribution is -2.18. The van der Waals surface area contributed by atoms with Crippen molar-refractivity contribution in [3.05, 3.63) is 29.8 Å². The zero-order valence-electron chi connectivity index (χ0n) is 11.8. The second kappa shape index (κ2) is 7.05. The van der Waals surface area contributed by atoms with Crippen molar-refractivity contribution in [2.45, 2.75) is 32.5 Å². The highest BCUT2D eigenvalue weighted by Gasteiger charge is 2.27. The van der Waals surface area contributed by atoms with Gasteiger partial charge in [-0.2, -0.15) is 0 Å². The first-order valence-electron chi connectivity index (χ1n) is 6.77. The maximum Gasteiger partial charge on any atom is 0.232 e. The van der Waals surface area contributed by atoms with Crippen LogP contribution in [0, 0.1) is 0 Å². The lowest BCUT2D eigenvalue weighted by molar-refractivity contribution is -0.124. The first kappa shape index (κ1) is 14.5. The van der Waals surface area contributed by atoms with Crippen LogP contribution < -0.4 is 4.74 Å². The minimum absolute atomic E-state index is 0.130. The smallest absolute Gasteiger partial charge is 0.232 e. The molecule has 2 rings (SSSR count). The van der Waals surface area contributed by atoms with E-state index in [1.807, 2.05) is 0 Å². The summed E-state index contributed by atoms with van der Waals surface area (Å²) < 4.78 is 10.5. The number of carbonyl (C=O) groups excluding carboxylic acids is 1. The number of hydrogen-bond donors (Lipinski definition) is 0. The monoisotopic (exact) mass is 277 g/mol. The molecule has 0 N–H and O–H groups in total. The number of ether oxygens (including phenoxy) is 2. The summed E-state index contributed by atoms with van der Waals surface area (Å²) in [5, 5.41) is 3.83. The van der Waals surface area contributed by atoms with E-state index in [0.29, 0.717) is 30.1 Å². The average molecular weight is 277 g/mol. The summed E-state index contributed by atoms with van der Waals surface area (Å²) in [5.41, 5.74) is 0.971. The molecule has 0 amide bonds. The van der Waals surface area contributed by atoms with Crippen molar-refractivity contribution in [1.29, 1.82) is 0 Å². The molecule has 0 aromatic heterocycles. The maximum atomic E-state index is 12.2. The molecule has 1 aliphatic rings. The SMILES string of the molecule is CCCCOC1CC(C(=O)c2ccc(OC)cc2)=NO1. The van der Waals surface area contributed by atoms with Gasteiger partial charge in [-0.15, -0.1) is 0 Å². The van der Waals surface area contributed by atoms with Crippen LogP contribution >= 0.6 is 0 Å². The largest absolute Gasteiger partial charge is 0.497 e. The highest BCUT2D eigenvalue weighted by molar-refractivity contribution is 6.46. The van der Waals surface area contributed by atoms with Crippen molar-refractivity contribution < 1.29 is 19.1 Å². The molecule has 20 heavy (non-hydrogen) atoms. The molecule has 0 saturated carbocycles. The molecule has 1 aromatic rings. The van der Waals surface area contributed by atoms with E-state index >= 15 is 0 Å². The molecule has 1 aromatic carbocycles. The zero-order chi connectivity index (χ0) is 14.4. The molecule has 0 radical (unpaired) electrons. The number of ketones is 1. The molecular weight excluding hydrogens is 258 g/mol. The normalized spacial score (nSPS) is 17.5. The van der Waals surface area contributed by atoms with Gasteiger partial charge in [-0.3, -0.25) is 4.79 Å². The highest BCUT2D eigenvalue weighted by Crippen LogP contribution is 2.18. The zero-order valence-corrected chi connectivity index (χ0v) is 11.8. The molecule has 1 atom stereocenters. The van der Waals surface area contributed by atoms with Crippen LogP contribution in [0.3, 0.4) is 0 Å². The summed E-state index contributed by atoms with van der Waals surface area (Å²) >= 11 is 0. The van der Waals surface area contributed by atoms with Crippen molar-refractivity contribution in [2.75, 3.05) is 13.7 Å². The Balaban J connectivity index is 1.90. The van der Waals surface area contributed by atoms with Gasteiger partial charge in [-0.1, -0.05) is 18.5 Å². The molecule has 1 aliphatic heterocycles. The summed E-state index contributed by atoms with van der Waals surface area (Å²) in [6.07, 6.45) is 2.00. The summed E-state index contributed by atoms with van der Waals surface area (Å²) in [5.74, 6) is 0.584. The Labute approximate surface area is 118 Å². The van der Waals surface area contributed by atoms with Gasteiger partial charge in [0, 0.05) is 5.56 Å². The Hall–Kier alpha value is -1.88. The van der Waals surface area contributed by atoms with Crippen molar-refractivity contribution in [3.8, 4) is 5.75 Å². The third kappa shape index (κ3) is 3.57. The van der Waals surface area contributed by atoms with Crippen LogP contribution in [-0.4, -0.2) is 31.5 Å². The van der Waals surface area contributed by atoms with Crippen LogP contribution in [0.25, 0.3) is 0 Å². The molecule has 1 unspecified atom stereocenters. The van der Waals surface area contributed by atoms with Gasteiger partial charge in [0.1, 0.15) is 11.5 Å². The number of methoxy groups -OCH3 is 1. The van der Waals surface area contributed by atoms with Crippen LogP contribution in [0.1, 0.15) is 36.5 Å². The molecule has 0 aliphatic carbocycles. The number of rotatable bonds is 7. The predicted molar refractivity (Wildman–Crippen MR) is 75.1 cm³/mol. The highest BCUT2D eigenvalue weighted by atomic mass is 16.8. The van der Waals surface area contributed by atoms with E-state index in [1.54, 1.807) is 31.4 Å². The standard InChI is InChI=1S/C15H19NO4/c1-3-4-9-19-14-10-13(16-20-14)15(17)11-5-7-12(18-2)8-6-11/h5-8,14H,3-4,9-10H2,1-2H3. The van der Waals surface area contributed by atoms with Gasteiger partial charge in [0.25, 0.3) is 0 Å². The van der Waals surface area contributed by atoms with Crippen LogP contribution in [0.15, 0.2) is 29.4 Å². The average Bonchev–Trinajstić information content (AvgIpc) is 2.96. The molecule has 5 heteroatoms. The second-order valence-electron chi connectivity index (χ2n) is 4.56. The van der Waals surface area contributed by atoms with Crippen LogP contribution in [0.4, 0.5) is 0 Å². The number of unbranched alkanes of at least 4 members (excludes halogenated alkanes) is 1. The van der Waals surface area contributed by atoms with Gasteiger partial charge >= 0.3 is 0 Å². The Morgan fingerprint density at radius 1 is 1.40 bits per heavy atom. The third-order valence-corrected chi connectivity index (χ3v) is 3.06. The number of hydrogen-bond acceptors (Lipinski definition) is 5. The predicted octanol–water partition coefficient (Wildman–Crippen LogP) is 2.80. The Morgan fingerprint density at radius 3 is 2.80 bits per heavy atom. The fraction of sp³-hybridized carbons (Fsp3) is 0.467. The lowest BCUT2D eigenvalue weighted by atomic mass is 10.0. The van der Waals surface area contributed by atoms with Crippen molar-refractivity contribution >= 4 is 11.5 Å². The molecule has 5 nitrogen and oxygen atoms in total. The van der Waals surface area contributed by atoms with E-state index in [0.717, 1.165) is 12.8 Å². The number of carbonyl (C=O) groups is 1. The van der Waals surface area contributed by atoms with E-state index in [2.05, 4.69) is 12.1 Å². The van der Waals surface area contributed by atoms with Crippen molar-refractivity contribution in [2.24, 2.45) is 5.16 Å².